The van der Waals surface area contributed by atoms with E-state index in [-0.39, 0.29) is 12.6 Å². The molecule has 0 saturated carbocycles. The molecule has 1 heterocycles. The molecule has 2 rings (SSSR count). The van der Waals surface area contributed by atoms with Gasteiger partial charge in [-0.25, -0.2) is 4.98 Å². The average molecular weight is 418 g/mol. The Morgan fingerprint density at radius 1 is 1.20 bits per heavy atom. The first-order chi connectivity index (χ1) is 11.9. The van der Waals surface area contributed by atoms with E-state index < -0.39 is 17.6 Å². The summed E-state index contributed by atoms with van der Waals surface area (Å²) >= 11 is 3.44. The molecule has 0 saturated heterocycles. The smallest absolute Gasteiger partial charge is 0.423 e. The highest BCUT2D eigenvalue weighted by Crippen LogP contribution is 2.37. The second kappa shape index (κ2) is 8.51. The third-order valence-electron chi connectivity index (χ3n) is 3.48. The lowest BCUT2D eigenvalue weighted by Crippen LogP contribution is -2.21. The van der Waals surface area contributed by atoms with Crippen LogP contribution in [-0.2, 0) is 6.18 Å². The Bertz CT molecular complexity index is 710. The zero-order chi connectivity index (χ0) is 18.4. The number of anilines is 2. The Kier molecular flexibility index (Phi) is 6.64. The SMILES string of the molecule is CCCCOc1nc(N(CC)c2ccccc2Br)ncc1C(F)(F)F. The normalized spacial score (nSPS) is 11.4. The monoisotopic (exact) mass is 417 g/mol. The minimum Gasteiger partial charge on any atom is -0.477 e. The molecule has 4 nitrogen and oxygen atoms in total. The summed E-state index contributed by atoms with van der Waals surface area (Å²) < 4.78 is 45.6. The van der Waals surface area contributed by atoms with Crippen molar-refractivity contribution in [1.29, 1.82) is 0 Å². The van der Waals surface area contributed by atoms with Gasteiger partial charge in [0.1, 0.15) is 5.56 Å². The third-order valence-corrected chi connectivity index (χ3v) is 4.15. The fourth-order valence-electron chi connectivity index (χ4n) is 2.20. The average Bonchev–Trinajstić information content (AvgIpc) is 2.57. The Morgan fingerprint density at radius 3 is 2.52 bits per heavy atom. The van der Waals surface area contributed by atoms with Crippen LogP contribution in [0.15, 0.2) is 34.9 Å². The number of hydrogen-bond donors (Lipinski definition) is 0. The minimum atomic E-state index is -4.57. The molecule has 8 heteroatoms. The number of alkyl halides is 3. The molecule has 1 aromatic carbocycles. The molecule has 0 atom stereocenters. The number of hydrogen-bond acceptors (Lipinski definition) is 4. The highest BCUT2D eigenvalue weighted by atomic mass is 79.9. The Morgan fingerprint density at radius 2 is 1.92 bits per heavy atom. The van der Waals surface area contributed by atoms with Crippen molar-refractivity contribution in [2.75, 3.05) is 18.1 Å². The van der Waals surface area contributed by atoms with E-state index in [1.165, 1.54) is 0 Å². The molecule has 1 aromatic heterocycles. The van der Waals surface area contributed by atoms with Crippen molar-refractivity contribution in [2.24, 2.45) is 0 Å². The molecule has 0 bridgehead atoms. The van der Waals surface area contributed by atoms with Crippen LogP contribution >= 0.6 is 15.9 Å². The van der Waals surface area contributed by atoms with E-state index in [1.807, 2.05) is 38.1 Å². The molecule has 0 fully saturated rings. The van der Waals surface area contributed by atoms with Gasteiger partial charge >= 0.3 is 6.18 Å². The molecule has 0 aliphatic carbocycles. The van der Waals surface area contributed by atoms with Gasteiger partial charge in [0.05, 0.1) is 12.3 Å². The first kappa shape index (κ1) is 19.5. The van der Waals surface area contributed by atoms with E-state index >= 15 is 0 Å². The van der Waals surface area contributed by atoms with Crippen LogP contribution in [0.2, 0.25) is 0 Å². The van der Waals surface area contributed by atoms with Gasteiger partial charge in [-0.1, -0.05) is 25.5 Å². The number of halogens is 4. The van der Waals surface area contributed by atoms with Crippen molar-refractivity contribution in [3.63, 3.8) is 0 Å². The number of aromatic nitrogens is 2. The topological polar surface area (TPSA) is 38.2 Å². The number of nitrogens with zero attached hydrogens (tertiary/aromatic N) is 3. The molecule has 0 spiro atoms. The van der Waals surface area contributed by atoms with Crippen LogP contribution in [0.3, 0.4) is 0 Å². The molecule has 0 unspecified atom stereocenters. The predicted molar refractivity (Wildman–Crippen MR) is 94.3 cm³/mol. The van der Waals surface area contributed by atoms with Crippen LogP contribution in [0.25, 0.3) is 0 Å². The number of unbranched alkanes of at least 4 members (excludes halogenated alkanes) is 1. The first-order valence-corrected chi connectivity index (χ1v) is 8.76. The summed E-state index contributed by atoms with van der Waals surface area (Å²) in [6.07, 6.45) is -2.32. The lowest BCUT2D eigenvalue weighted by molar-refractivity contribution is -0.139. The Labute approximate surface area is 153 Å². The summed E-state index contributed by atoms with van der Waals surface area (Å²) in [5.74, 6) is -0.273. The molecule has 2 aromatic rings. The van der Waals surface area contributed by atoms with Gasteiger partial charge in [0.15, 0.2) is 0 Å². The standard InChI is InChI=1S/C17H19BrF3N3O/c1-3-5-10-25-15-12(17(19,20)21)11-22-16(23-15)24(4-2)14-9-7-6-8-13(14)18/h6-9,11H,3-5,10H2,1-2H3. The van der Waals surface area contributed by atoms with Crippen LogP contribution in [0.5, 0.6) is 5.88 Å². The van der Waals surface area contributed by atoms with Gasteiger partial charge in [-0.2, -0.15) is 18.2 Å². The van der Waals surface area contributed by atoms with Crippen molar-refractivity contribution in [1.82, 2.24) is 9.97 Å². The minimum absolute atomic E-state index is 0.161. The highest BCUT2D eigenvalue weighted by Gasteiger charge is 2.36. The first-order valence-electron chi connectivity index (χ1n) is 7.97. The Balaban J connectivity index is 2.43. The van der Waals surface area contributed by atoms with E-state index in [4.69, 9.17) is 4.74 Å². The maximum Gasteiger partial charge on any atom is 0.423 e. The summed E-state index contributed by atoms with van der Waals surface area (Å²) in [4.78, 5) is 9.69. The quantitative estimate of drug-likeness (QED) is 0.549. The van der Waals surface area contributed by atoms with Crippen molar-refractivity contribution in [3.05, 3.63) is 40.5 Å². The van der Waals surface area contributed by atoms with Crippen molar-refractivity contribution in [2.45, 2.75) is 32.9 Å². The van der Waals surface area contributed by atoms with Crippen molar-refractivity contribution < 1.29 is 17.9 Å². The van der Waals surface area contributed by atoms with Gasteiger partial charge < -0.3 is 9.64 Å². The number of rotatable bonds is 7. The van der Waals surface area contributed by atoms with Crippen molar-refractivity contribution >= 4 is 27.6 Å². The molecule has 25 heavy (non-hydrogen) atoms. The van der Waals surface area contributed by atoms with Crippen LogP contribution in [0.1, 0.15) is 32.3 Å². The fraction of sp³-hybridized carbons (Fsp3) is 0.412. The van der Waals surface area contributed by atoms with Gasteiger partial charge in [-0.05, 0) is 41.4 Å². The molecule has 0 aliphatic rings. The summed E-state index contributed by atoms with van der Waals surface area (Å²) in [6, 6.07) is 7.38. The van der Waals surface area contributed by atoms with Crippen LogP contribution in [0, 0.1) is 0 Å². The largest absolute Gasteiger partial charge is 0.477 e. The van der Waals surface area contributed by atoms with Gasteiger partial charge in [0, 0.05) is 17.2 Å². The molecule has 136 valence electrons. The summed E-state index contributed by atoms with van der Waals surface area (Å²) in [5, 5.41) is 0. The summed E-state index contributed by atoms with van der Waals surface area (Å²) in [6.45, 7) is 4.48. The number of ether oxygens (including phenoxy) is 1. The Hall–Kier alpha value is -1.83. The predicted octanol–water partition coefficient (Wildman–Crippen LogP) is 5.59. The van der Waals surface area contributed by atoms with Crippen LogP contribution in [-0.4, -0.2) is 23.1 Å². The molecule has 0 radical (unpaired) electrons. The summed E-state index contributed by atoms with van der Waals surface area (Å²) in [7, 11) is 0. The van der Waals surface area contributed by atoms with E-state index in [1.54, 1.807) is 4.90 Å². The maximum absolute atomic E-state index is 13.2. The maximum atomic E-state index is 13.2. The van der Waals surface area contributed by atoms with E-state index in [0.29, 0.717) is 13.0 Å². The molecule has 0 aliphatic heterocycles. The van der Waals surface area contributed by atoms with Gasteiger partial charge in [-0.15, -0.1) is 0 Å². The number of benzene rings is 1. The van der Waals surface area contributed by atoms with Gasteiger partial charge in [0.25, 0.3) is 0 Å². The van der Waals surface area contributed by atoms with E-state index in [2.05, 4.69) is 25.9 Å². The highest BCUT2D eigenvalue weighted by molar-refractivity contribution is 9.10. The number of para-hydroxylation sites is 1. The second-order valence-corrected chi connectivity index (χ2v) is 6.14. The van der Waals surface area contributed by atoms with E-state index in [9.17, 15) is 13.2 Å². The molecule has 0 N–H and O–H groups in total. The molecular weight excluding hydrogens is 399 g/mol. The van der Waals surface area contributed by atoms with Crippen molar-refractivity contribution in [3.8, 4) is 5.88 Å². The van der Waals surface area contributed by atoms with Crippen LogP contribution in [0.4, 0.5) is 24.8 Å². The zero-order valence-corrected chi connectivity index (χ0v) is 15.6. The lowest BCUT2D eigenvalue weighted by Gasteiger charge is -2.23. The van der Waals surface area contributed by atoms with Crippen LogP contribution < -0.4 is 9.64 Å². The fourth-order valence-corrected chi connectivity index (χ4v) is 2.69. The lowest BCUT2D eigenvalue weighted by atomic mass is 10.3. The zero-order valence-electron chi connectivity index (χ0n) is 14.0. The second-order valence-electron chi connectivity index (χ2n) is 5.28. The van der Waals surface area contributed by atoms with E-state index in [0.717, 1.165) is 22.8 Å². The molecule has 0 amide bonds. The molecular formula is C17H19BrF3N3O. The summed E-state index contributed by atoms with van der Waals surface area (Å²) in [5.41, 5.74) is -0.195. The third kappa shape index (κ3) is 4.84. The van der Waals surface area contributed by atoms with Gasteiger partial charge in [0.2, 0.25) is 11.8 Å². The van der Waals surface area contributed by atoms with Gasteiger partial charge in [-0.3, -0.25) is 0 Å².